The van der Waals surface area contributed by atoms with Crippen molar-refractivity contribution in [2.24, 2.45) is 0 Å². The lowest BCUT2D eigenvalue weighted by Gasteiger charge is -1.82. The molecule has 0 saturated heterocycles. The Morgan fingerprint density at radius 1 is 1.56 bits per heavy atom. The molecule has 0 atom stereocenters. The zero-order chi connectivity index (χ0) is 6.85. The van der Waals surface area contributed by atoms with Gasteiger partial charge in [-0.1, -0.05) is 0 Å². The molecule has 1 rings (SSSR count). The molecule has 0 aromatic carbocycles. The molecule has 0 aliphatic carbocycles. The van der Waals surface area contributed by atoms with E-state index in [1.165, 1.54) is 0 Å². The van der Waals surface area contributed by atoms with Crippen molar-refractivity contribution in [1.29, 1.82) is 0 Å². The van der Waals surface area contributed by atoms with Crippen LogP contribution < -0.4 is 5.82 Å². The van der Waals surface area contributed by atoms with Gasteiger partial charge < -0.3 is 8.83 Å². The molecule has 3 heteroatoms. The predicted octanol–water partition coefficient (Wildman–Crippen LogP) is 0.918. The molecule has 9 heavy (non-hydrogen) atoms. The third kappa shape index (κ3) is 1.04. The smallest absolute Gasteiger partial charge is 0.396 e. The fraction of sp³-hybridized carbons (Fsp3) is 0.333. The summed E-state index contributed by atoms with van der Waals surface area (Å²) in [6, 6.07) is 0. The lowest BCUT2D eigenvalue weighted by atomic mass is 10.3. The first-order chi connectivity index (χ1) is 4.24. The summed E-state index contributed by atoms with van der Waals surface area (Å²) >= 11 is 0. The van der Waals surface area contributed by atoms with Gasteiger partial charge in [-0.25, -0.2) is 4.79 Å². The van der Waals surface area contributed by atoms with Crippen LogP contribution >= 0.6 is 0 Å². The Morgan fingerprint density at radius 2 is 2.22 bits per heavy atom. The Balaban J connectivity index is 3.16. The Bertz CT molecular complexity index is 243. The summed E-state index contributed by atoms with van der Waals surface area (Å²) in [5.41, 5.74) is 0. The third-order valence-corrected chi connectivity index (χ3v) is 1.06. The molecule has 1 aromatic heterocycles. The van der Waals surface area contributed by atoms with E-state index >= 15 is 0 Å². The summed E-state index contributed by atoms with van der Waals surface area (Å²) in [6.07, 6.45) is 0.456. The highest BCUT2D eigenvalue weighted by Gasteiger charge is 2.03. The van der Waals surface area contributed by atoms with Gasteiger partial charge in [-0.05, 0) is 13.8 Å². The maximum atomic E-state index is 10.3. The molecule has 0 saturated carbocycles. The first-order valence-electron chi connectivity index (χ1n) is 2.62. The minimum atomic E-state index is -0.647. The predicted molar refractivity (Wildman–Crippen MR) is 31.0 cm³/mol. The normalized spacial score (nSPS) is 10.0. The van der Waals surface area contributed by atoms with E-state index in [9.17, 15) is 4.79 Å². The summed E-state index contributed by atoms with van der Waals surface area (Å²) in [4.78, 5) is 10.3. The lowest BCUT2D eigenvalue weighted by Crippen LogP contribution is -1.85. The first kappa shape index (κ1) is 6.13. The second-order valence-corrected chi connectivity index (χ2v) is 1.68. The monoisotopic (exact) mass is 127 g/mol. The molecule has 3 nitrogen and oxygen atoms in total. The second-order valence-electron chi connectivity index (χ2n) is 1.68. The summed E-state index contributed by atoms with van der Waals surface area (Å²) in [7, 11) is 0. The zero-order valence-electron chi connectivity index (χ0n) is 5.14. The fourth-order valence-corrected chi connectivity index (χ4v) is 0.602. The highest BCUT2D eigenvalue weighted by molar-refractivity contribution is 5.00. The number of hydrogen-bond acceptors (Lipinski definition) is 3. The largest absolute Gasteiger partial charge is 0.519 e. The maximum Gasteiger partial charge on any atom is 0.519 e. The zero-order valence-corrected chi connectivity index (χ0v) is 5.14. The summed E-state index contributed by atoms with van der Waals surface area (Å²) < 4.78 is 9.12. The first-order valence-corrected chi connectivity index (χ1v) is 2.62. The average Bonchev–Trinajstić information content (AvgIpc) is 2.10. The molecule has 0 fully saturated rings. The van der Waals surface area contributed by atoms with Gasteiger partial charge in [0.1, 0.15) is 11.5 Å². The van der Waals surface area contributed by atoms with Crippen molar-refractivity contribution in [2.45, 2.75) is 13.3 Å². The molecule has 1 radical (unpaired) electrons. The standard InChI is InChI=1S/C6H7O3/c1-3-5-4(2)8-6(7)9-5/h1,3H2,2H3. The lowest BCUT2D eigenvalue weighted by molar-refractivity contribution is 0.371. The molecule has 49 valence electrons. The summed E-state index contributed by atoms with van der Waals surface area (Å²) in [6.45, 7) is 5.21. The van der Waals surface area contributed by atoms with Gasteiger partial charge in [-0.15, -0.1) is 0 Å². The van der Waals surface area contributed by atoms with E-state index in [0.29, 0.717) is 17.9 Å². The summed E-state index contributed by atoms with van der Waals surface area (Å²) in [5.74, 6) is 0.404. The van der Waals surface area contributed by atoms with Gasteiger partial charge in [0, 0.05) is 6.42 Å². The molecule has 0 aliphatic heterocycles. The van der Waals surface area contributed by atoms with Gasteiger partial charge in [-0.3, -0.25) is 0 Å². The Kier molecular flexibility index (Phi) is 1.42. The summed E-state index contributed by atoms with van der Waals surface area (Å²) in [5, 5.41) is 0. The van der Waals surface area contributed by atoms with E-state index < -0.39 is 5.82 Å². The van der Waals surface area contributed by atoms with Crippen molar-refractivity contribution in [3.63, 3.8) is 0 Å². The molecule has 0 aliphatic rings. The van der Waals surface area contributed by atoms with E-state index in [0.717, 1.165) is 0 Å². The number of rotatable bonds is 1. The van der Waals surface area contributed by atoms with E-state index in [2.05, 4.69) is 15.8 Å². The van der Waals surface area contributed by atoms with Crippen LogP contribution in [0.1, 0.15) is 11.5 Å². The van der Waals surface area contributed by atoms with Crippen molar-refractivity contribution < 1.29 is 8.83 Å². The van der Waals surface area contributed by atoms with Crippen LogP contribution in [0.4, 0.5) is 0 Å². The van der Waals surface area contributed by atoms with E-state index in [1.807, 2.05) is 0 Å². The maximum absolute atomic E-state index is 10.3. The van der Waals surface area contributed by atoms with Gasteiger partial charge in [0.15, 0.2) is 0 Å². The topological polar surface area (TPSA) is 43.4 Å². The average molecular weight is 127 g/mol. The Hall–Kier alpha value is -0.990. The molecule has 0 spiro atoms. The number of hydrogen-bond donors (Lipinski definition) is 0. The third-order valence-electron chi connectivity index (χ3n) is 1.06. The molecule has 0 unspecified atom stereocenters. The number of aryl methyl sites for hydroxylation is 1. The van der Waals surface area contributed by atoms with Crippen LogP contribution in [-0.2, 0) is 6.42 Å². The van der Waals surface area contributed by atoms with E-state index in [4.69, 9.17) is 0 Å². The molecular formula is C6H7O3. The highest BCUT2D eigenvalue weighted by Crippen LogP contribution is 2.03. The fourth-order valence-electron chi connectivity index (χ4n) is 0.602. The molecular weight excluding hydrogens is 120 g/mol. The van der Waals surface area contributed by atoms with Crippen molar-refractivity contribution in [1.82, 2.24) is 0 Å². The van der Waals surface area contributed by atoms with Crippen molar-refractivity contribution in [3.8, 4) is 0 Å². The minimum Gasteiger partial charge on any atom is -0.396 e. The van der Waals surface area contributed by atoms with Gasteiger partial charge >= 0.3 is 5.82 Å². The van der Waals surface area contributed by atoms with E-state index in [-0.39, 0.29) is 0 Å². The van der Waals surface area contributed by atoms with Gasteiger partial charge in [0.25, 0.3) is 0 Å². The quantitative estimate of drug-likeness (QED) is 0.563. The molecule has 1 aromatic rings. The van der Waals surface area contributed by atoms with Gasteiger partial charge in [0.05, 0.1) is 0 Å². The van der Waals surface area contributed by atoms with Crippen LogP contribution in [0.2, 0.25) is 0 Å². The van der Waals surface area contributed by atoms with Crippen LogP contribution in [0, 0.1) is 13.8 Å². The van der Waals surface area contributed by atoms with Crippen LogP contribution in [-0.4, -0.2) is 0 Å². The molecule has 1 heterocycles. The Labute approximate surface area is 52.3 Å². The van der Waals surface area contributed by atoms with Crippen molar-refractivity contribution in [3.05, 3.63) is 29.1 Å². The highest BCUT2D eigenvalue weighted by atomic mass is 16.6. The van der Waals surface area contributed by atoms with Crippen LogP contribution in [0.3, 0.4) is 0 Å². The van der Waals surface area contributed by atoms with Gasteiger partial charge in [-0.2, -0.15) is 0 Å². The van der Waals surface area contributed by atoms with Gasteiger partial charge in [0.2, 0.25) is 0 Å². The Morgan fingerprint density at radius 3 is 2.44 bits per heavy atom. The molecule has 0 amide bonds. The van der Waals surface area contributed by atoms with Crippen molar-refractivity contribution >= 4 is 0 Å². The van der Waals surface area contributed by atoms with Crippen LogP contribution in [0.25, 0.3) is 0 Å². The van der Waals surface area contributed by atoms with Crippen LogP contribution in [0.15, 0.2) is 13.6 Å². The second kappa shape index (κ2) is 2.09. The minimum absolute atomic E-state index is 0.456. The van der Waals surface area contributed by atoms with Crippen LogP contribution in [0.5, 0.6) is 0 Å². The molecule has 0 bridgehead atoms. The van der Waals surface area contributed by atoms with E-state index in [1.54, 1.807) is 6.92 Å². The van der Waals surface area contributed by atoms with Crippen molar-refractivity contribution in [2.75, 3.05) is 0 Å². The SMILES string of the molecule is [CH2]Cc1oc(=O)oc1C. The molecule has 0 N–H and O–H groups in total.